The summed E-state index contributed by atoms with van der Waals surface area (Å²) in [6.45, 7) is 0.202. The van der Waals surface area contributed by atoms with Crippen molar-refractivity contribution in [1.29, 1.82) is 0 Å². The molecule has 1 aromatic carbocycles. The molecule has 0 saturated heterocycles. The van der Waals surface area contributed by atoms with E-state index in [1.807, 2.05) is 0 Å². The Hall–Kier alpha value is -1.82. The Bertz CT molecular complexity index is 656. The van der Waals surface area contributed by atoms with Crippen LogP contribution >= 0.6 is 15.9 Å². The number of nitrogens with zero attached hydrogens (tertiary/aromatic N) is 1. The smallest absolute Gasteiger partial charge is 0.340 e. The van der Waals surface area contributed by atoms with E-state index in [9.17, 15) is 4.79 Å². The quantitative estimate of drug-likeness (QED) is 0.758. The first-order chi connectivity index (χ1) is 8.70. The van der Waals surface area contributed by atoms with E-state index < -0.39 is 5.97 Å². The molecule has 0 fully saturated rings. The first kappa shape index (κ1) is 11.3. The minimum absolute atomic E-state index is 0.202. The van der Waals surface area contributed by atoms with E-state index in [0.717, 1.165) is 10.9 Å². The molecule has 1 aliphatic heterocycles. The predicted molar refractivity (Wildman–Crippen MR) is 66.9 cm³/mol. The molecule has 3 rings (SSSR count). The van der Waals surface area contributed by atoms with Crippen molar-refractivity contribution in [2.45, 2.75) is 0 Å². The standard InChI is InChI=1S/C12H8BrNO4/c1-16-12(15)7-4-14-8-3-10-9(17-5-18-10)2-6(8)11(7)13/h2-4H,5H2,1H3. The fourth-order valence-corrected chi connectivity index (χ4v) is 2.38. The number of carbonyl (C=O) groups is 1. The van der Waals surface area contributed by atoms with Gasteiger partial charge in [0.15, 0.2) is 11.5 Å². The van der Waals surface area contributed by atoms with Gasteiger partial charge in [0, 0.05) is 22.1 Å². The summed E-state index contributed by atoms with van der Waals surface area (Å²) >= 11 is 3.39. The van der Waals surface area contributed by atoms with Gasteiger partial charge in [-0.2, -0.15) is 0 Å². The maximum absolute atomic E-state index is 11.6. The van der Waals surface area contributed by atoms with Gasteiger partial charge in [0.05, 0.1) is 18.2 Å². The van der Waals surface area contributed by atoms with Gasteiger partial charge >= 0.3 is 5.97 Å². The van der Waals surface area contributed by atoms with Crippen LogP contribution in [0.15, 0.2) is 22.8 Å². The van der Waals surface area contributed by atoms with E-state index in [1.165, 1.54) is 13.3 Å². The van der Waals surface area contributed by atoms with Crippen LogP contribution in [0, 0.1) is 0 Å². The molecule has 0 N–H and O–H groups in total. The van der Waals surface area contributed by atoms with E-state index in [1.54, 1.807) is 12.1 Å². The fraction of sp³-hybridized carbons (Fsp3) is 0.167. The van der Waals surface area contributed by atoms with Crippen LogP contribution < -0.4 is 9.47 Å². The highest BCUT2D eigenvalue weighted by Gasteiger charge is 2.19. The molecule has 92 valence electrons. The Balaban J connectivity index is 2.25. The summed E-state index contributed by atoms with van der Waals surface area (Å²) < 4.78 is 15.9. The molecule has 0 bridgehead atoms. The molecule has 0 radical (unpaired) electrons. The molecule has 0 spiro atoms. The van der Waals surface area contributed by atoms with Crippen LogP contribution in [-0.4, -0.2) is 24.9 Å². The van der Waals surface area contributed by atoms with Gasteiger partial charge in [-0.05, 0) is 22.0 Å². The fourth-order valence-electron chi connectivity index (χ4n) is 1.80. The number of methoxy groups -OCH3 is 1. The molecule has 0 amide bonds. The van der Waals surface area contributed by atoms with Crippen molar-refractivity contribution in [3.63, 3.8) is 0 Å². The van der Waals surface area contributed by atoms with Crippen LogP contribution in [0.5, 0.6) is 11.5 Å². The van der Waals surface area contributed by atoms with Gasteiger partial charge in [0.1, 0.15) is 0 Å². The maximum Gasteiger partial charge on any atom is 0.340 e. The zero-order valence-electron chi connectivity index (χ0n) is 9.40. The molecule has 0 aliphatic carbocycles. The number of carbonyl (C=O) groups excluding carboxylic acids is 1. The van der Waals surface area contributed by atoms with Crippen molar-refractivity contribution in [1.82, 2.24) is 4.98 Å². The first-order valence-electron chi connectivity index (χ1n) is 5.17. The van der Waals surface area contributed by atoms with Crippen molar-refractivity contribution in [2.24, 2.45) is 0 Å². The maximum atomic E-state index is 11.6. The second-order valence-electron chi connectivity index (χ2n) is 3.70. The third kappa shape index (κ3) is 1.60. The first-order valence-corrected chi connectivity index (χ1v) is 5.96. The van der Waals surface area contributed by atoms with Crippen molar-refractivity contribution in [3.8, 4) is 11.5 Å². The van der Waals surface area contributed by atoms with Crippen LogP contribution in [0.1, 0.15) is 10.4 Å². The number of aromatic nitrogens is 1. The Morgan fingerprint density at radius 1 is 1.39 bits per heavy atom. The highest BCUT2D eigenvalue weighted by atomic mass is 79.9. The van der Waals surface area contributed by atoms with Gasteiger partial charge in [-0.1, -0.05) is 0 Å². The molecular formula is C12H8BrNO4. The summed E-state index contributed by atoms with van der Waals surface area (Å²) in [6, 6.07) is 3.57. The molecule has 6 heteroatoms. The second-order valence-corrected chi connectivity index (χ2v) is 4.49. The summed E-state index contributed by atoms with van der Waals surface area (Å²) in [6.07, 6.45) is 1.47. The van der Waals surface area contributed by atoms with E-state index >= 15 is 0 Å². The topological polar surface area (TPSA) is 57.7 Å². The zero-order valence-corrected chi connectivity index (χ0v) is 11.0. The van der Waals surface area contributed by atoms with E-state index in [-0.39, 0.29) is 6.79 Å². The highest BCUT2D eigenvalue weighted by molar-refractivity contribution is 9.10. The molecule has 1 aromatic heterocycles. The molecule has 0 unspecified atom stereocenters. The summed E-state index contributed by atoms with van der Waals surface area (Å²) in [5.74, 6) is 0.869. The molecule has 0 atom stereocenters. The molecule has 1 aliphatic rings. The Morgan fingerprint density at radius 2 is 2.11 bits per heavy atom. The Labute approximate surface area is 111 Å². The van der Waals surface area contributed by atoms with Crippen molar-refractivity contribution in [3.05, 3.63) is 28.4 Å². The van der Waals surface area contributed by atoms with Crippen molar-refractivity contribution < 1.29 is 19.0 Å². The average molecular weight is 310 g/mol. The van der Waals surface area contributed by atoms with Crippen LogP contribution in [0.3, 0.4) is 0 Å². The second kappa shape index (κ2) is 4.13. The number of hydrogen-bond acceptors (Lipinski definition) is 5. The zero-order chi connectivity index (χ0) is 12.7. The van der Waals surface area contributed by atoms with Gasteiger partial charge in [-0.3, -0.25) is 4.98 Å². The predicted octanol–water partition coefficient (Wildman–Crippen LogP) is 2.51. The Morgan fingerprint density at radius 3 is 2.83 bits per heavy atom. The van der Waals surface area contributed by atoms with Crippen LogP contribution in [0.25, 0.3) is 10.9 Å². The molecular weight excluding hydrogens is 302 g/mol. The lowest BCUT2D eigenvalue weighted by atomic mass is 10.1. The van der Waals surface area contributed by atoms with Crippen LogP contribution in [0.2, 0.25) is 0 Å². The van der Waals surface area contributed by atoms with Crippen LogP contribution in [-0.2, 0) is 4.74 Å². The number of hydrogen-bond donors (Lipinski definition) is 0. The van der Waals surface area contributed by atoms with E-state index in [2.05, 4.69) is 20.9 Å². The van der Waals surface area contributed by atoms with E-state index in [4.69, 9.17) is 14.2 Å². The van der Waals surface area contributed by atoms with Crippen molar-refractivity contribution >= 4 is 32.8 Å². The lowest BCUT2D eigenvalue weighted by molar-refractivity contribution is 0.0599. The van der Waals surface area contributed by atoms with Gasteiger partial charge in [0.2, 0.25) is 6.79 Å². The monoisotopic (exact) mass is 309 g/mol. The number of ether oxygens (including phenoxy) is 3. The summed E-state index contributed by atoms with van der Waals surface area (Å²) in [5.41, 5.74) is 1.10. The van der Waals surface area contributed by atoms with Gasteiger partial charge < -0.3 is 14.2 Å². The van der Waals surface area contributed by atoms with Crippen LogP contribution in [0.4, 0.5) is 0 Å². The number of pyridine rings is 1. The van der Waals surface area contributed by atoms with Gasteiger partial charge in [-0.15, -0.1) is 0 Å². The lowest BCUT2D eigenvalue weighted by Crippen LogP contribution is -2.03. The van der Waals surface area contributed by atoms with Gasteiger partial charge in [-0.25, -0.2) is 4.79 Å². The number of rotatable bonds is 1. The SMILES string of the molecule is COC(=O)c1cnc2cc3c(cc2c1Br)OCO3. The van der Waals surface area contributed by atoms with Gasteiger partial charge in [0.25, 0.3) is 0 Å². The average Bonchev–Trinajstić information content (AvgIpc) is 2.83. The summed E-state index contributed by atoms with van der Waals surface area (Å²) in [5, 5.41) is 0.780. The normalized spacial score (nSPS) is 12.8. The third-order valence-corrected chi connectivity index (χ3v) is 3.56. The number of esters is 1. The largest absolute Gasteiger partial charge is 0.465 e. The Kier molecular flexibility index (Phi) is 2.59. The van der Waals surface area contributed by atoms with Crippen molar-refractivity contribution in [2.75, 3.05) is 13.9 Å². The number of halogens is 1. The minimum Gasteiger partial charge on any atom is -0.465 e. The molecule has 18 heavy (non-hydrogen) atoms. The summed E-state index contributed by atoms with van der Waals surface area (Å²) in [7, 11) is 1.33. The minimum atomic E-state index is -0.436. The lowest BCUT2D eigenvalue weighted by Gasteiger charge is -2.06. The highest BCUT2D eigenvalue weighted by Crippen LogP contribution is 2.38. The van der Waals surface area contributed by atoms with E-state index in [0.29, 0.717) is 21.5 Å². The number of fused-ring (bicyclic) bond motifs is 2. The molecule has 0 saturated carbocycles. The molecule has 5 nitrogen and oxygen atoms in total. The summed E-state index contributed by atoms with van der Waals surface area (Å²) in [4.78, 5) is 15.8. The number of benzene rings is 1. The third-order valence-electron chi connectivity index (χ3n) is 2.70. The molecule has 2 aromatic rings. The molecule has 2 heterocycles.